The lowest BCUT2D eigenvalue weighted by atomic mass is 9.98. The highest BCUT2D eigenvalue weighted by Gasteiger charge is 2.02. The van der Waals surface area contributed by atoms with Crippen molar-refractivity contribution in [3.05, 3.63) is 60.2 Å². The van der Waals surface area contributed by atoms with Crippen LogP contribution in [0.15, 0.2) is 54.6 Å². The van der Waals surface area contributed by atoms with Crippen molar-refractivity contribution in [2.75, 3.05) is 13.5 Å². The molecule has 0 saturated carbocycles. The molecule has 0 aliphatic rings. The fourth-order valence-corrected chi connectivity index (χ4v) is 2.12. The molecule has 2 rings (SSSR count). The van der Waals surface area contributed by atoms with Gasteiger partial charge in [-0.1, -0.05) is 54.3 Å². The molecule has 0 spiro atoms. The van der Waals surface area contributed by atoms with E-state index in [9.17, 15) is 0 Å². The van der Waals surface area contributed by atoms with E-state index in [0.717, 1.165) is 16.3 Å². The van der Waals surface area contributed by atoms with Gasteiger partial charge in [0.1, 0.15) is 0 Å². The van der Waals surface area contributed by atoms with Crippen molar-refractivity contribution in [1.82, 2.24) is 4.90 Å². The fourth-order valence-electron chi connectivity index (χ4n) is 2.12. The average molecular weight is 331 g/mol. The summed E-state index contributed by atoms with van der Waals surface area (Å²) in [4.78, 5) is 1.48. The van der Waals surface area contributed by atoms with Crippen LogP contribution in [0.2, 0.25) is 0 Å². The molecule has 0 radical (unpaired) electrons. The normalized spacial score (nSPS) is 13.8. The van der Waals surface area contributed by atoms with Crippen molar-refractivity contribution in [2.45, 2.75) is 27.3 Å². The topological polar surface area (TPSA) is 3.24 Å². The maximum atomic E-state index is 7.77. The summed E-state index contributed by atoms with van der Waals surface area (Å²) >= 11 is 0. The zero-order valence-corrected chi connectivity index (χ0v) is 14.8. The SMILES string of the molecule is Cl.[2H]C([2H])([2H])N(C/C=C/C#CC(C)(C)C)Cc1ccc2ccccc2c1. The first-order valence-corrected chi connectivity index (χ1v) is 7.56. The van der Waals surface area contributed by atoms with Crippen LogP contribution in [0.5, 0.6) is 0 Å². The highest BCUT2D eigenvalue weighted by molar-refractivity contribution is 5.85. The van der Waals surface area contributed by atoms with Crippen LogP contribution in [-0.2, 0) is 6.54 Å². The second-order valence-corrected chi connectivity index (χ2v) is 6.48. The van der Waals surface area contributed by atoms with E-state index in [1.54, 1.807) is 6.08 Å². The van der Waals surface area contributed by atoms with Crippen molar-refractivity contribution >= 4 is 23.2 Å². The first-order valence-electron chi connectivity index (χ1n) is 9.06. The Balaban J connectivity index is 0.00000338. The number of fused-ring (bicyclic) bond motifs is 1. The molecule has 0 aromatic heterocycles. The molecule has 0 saturated heterocycles. The zero-order chi connectivity index (χ0) is 18.5. The molecule has 0 N–H and O–H groups in total. The molecule has 23 heavy (non-hydrogen) atoms. The highest BCUT2D eigenvalue weighted by Crippen LogP contribution is 2.16. The van der Waals surface area contributed by atoms with Crippen LogP contribution in [0.3, 0.4) is 0 Å². The van der Waals surface area contributed by atoms with Gasteiger partial charge in [-0.2, -0.15) is 0 Å². The van der Waals surface area contributed by atoms with Gasteiger partial charge in [0, 0.05) is 22.6 Å². The molecule has 2 heteroatoms. The third kappa shape index (κ3) is 6.91. The van der Waals surface area contributed by atoms with Gasteiger partial charge in [0.05, 0.1) is 0 Å². The highest BCUT2D eigenvalue weighted by atomic mass is 35.5. The second-order valence-electron chi connectivity index (χ2n) is 6.48. The average Bonchev–Trinajstić information content (AvgIpc) is 2.51. The van der Waals surface area contributed by atoms with Crippen LogP contribution < -0.4 is 0 Å². The third-order valence-electron chi connectivity index (χ3n) is 3.16. The number of halogens is 1. The molecule has 0 heterocycles. The van der Waals surface area contributed by atoms with Crippen molar-refractivity contribution < 1.29 is 4.11 Å². The number of nitrogens with zero attached hydrogens (tertiary/aromatic N) is 1. The van der Waals surface area contributed by atoms with Crippen LogP contribution in [0.4, 0.5) is 0 Å². The molecule has 0 fully saturated rings. The smallest absolute Gasteiger partial charge is 0.0394 e. The summed E-state index contributed by atoms with van der Waals surface area (Å²) in [6.45, 7) is 4.70. The summed E-state index contributed by atoms with van der Waals surface area (Å²) < 4.78 is 23.3. The number of likely N-dealkylation sites (N-methyl/N-ethyl adjacent to an activating group) is 1. The number of rotatable bonds is 4. The first kappa shape index (κ1) is 14.8. The standard InChI is InChI=1S/C21H25N.ClH/c1-21(2,3)14-8-5-9-15-22(4)17-18-12-13-19-10-6-7-11-20(19)16-18;/h5-7,9-13,16H,15,17H2,1-4H3;1H/b9-5+;/i4D3;. The molecule has 2 aromatic carbocycles. The van der Waals surface area contributed by atoms with Crippen LogP contribution in [0.1, 0.15) is 30.4 Å². The molecule has 0 atom stereocenters. The van der Waals surface area contributed by atoms with E-state index in [2.05, 4.69) is 24.0 Å². The second kappa shape index (κ2) is 8.77. The van der Waals surface area contributed by atoms with Crippen molar-refractivity contribution in [3.63, 3.8) is 0 Å². The molecule has 0 aliphatic carbocycles. The Labute approximate surface area is 151 Å². The Hall–Kier alpha value is -1.75. The quantitative estimate of drug-likeness (QED) is 0.688. The monoisotopic (exact) mass is 330 g/mol. The summed E-state index contributed by atoms with van der Waals surface area (Å²) in [7, 11) is 0. The van der Waals surface area contributed by atoms with E-state index in [4.69, 9.17) is 4.11 Å². The molecule has 0 aliphatic heterocycles. The predicted octanol–water partition coefficient (Wildman–Crippen LogP) is 5.30. The summed E-state index contributed by atoms with van der Waals surface area (Å²) in [6.07, 6.45) is 3.55. The Bertz CT molecular complexity index is 808. The lowest BCUT2D eigenvalue weighted by molar-refractivity contribution is 0.363. The summed E-state index contributed by atoms with van der Waals surface area (Å²) in [5, 5.41) is 2.28. The zero-order valence-electron chi connectivity index (χ0n) is 17.0. The Morgan fingerprint density at radius 3 is 2.57 bits per heavy atom. The summed E-state index contributed by atoms with van der Waals surface area (Å²) in [5.74, 6) is 6.09. The molecule has 1 nitrogen and oxygen atoms in total. The van der Waals surface area contributed by atoms with Gasteiger partial charge < -0.3 is 0 Å². The van der Waals surface area contributed by atoms with Crippen LogP contribution in [-0.4, -0.2) is 18.4 Å². The molecule has 2 aromatic rings. The summed E-state index contributed by atoms with van der Waals surface area (Å²) in [5.41, 5.74) is 0.933. The van der Waals surface area contributed by atoms with Crippen LogP contribution in [0, 0.1) is 17.3 Å². The van der Waals surface area contributed by atoms with Crippen LogP contribution >= 0.6 is 12.4 Å². The molecular formula is C21H26ClN. The van der Waals surface area contributed by atoms with Gasteiger partial charge in [0.15, 0.2) is 0 Å². The Morgan fingerprint density at radius 1 is 1.13 bits per heavy atom. The minimum Gasteiger partial charge on any atom is -0.298 e. The van der Waals surface area contributed by atoms with Gasteiger partial charge in [-0.15, -0.1) is 12.4 Å². The first-order chi connectivity index (χ1) is 11.6. The van der Waals surface area contributed by atoms with Gasteiger partial charge in [-0.25, -0.2) is 0 Å². The van der Waals surface area contributed by atoms with E-state index in [0.29, 0.717) is 13.1 Å². The lowest BCUT2D eigenvalue weighted by Gasteiger charge is -2.14. The van der Waals surface area contributed by atoms with E-state index in [1.807, 2.05) is 57.2 Å². The maximum absolute atomic E-state index is 7.77. The molecule has 0 unspecified atom stereocenters. The number of allylic oxidation sites excluding steroid dienone is 1. The fraction of sp³-hybridized carbons (Fsp3) is 0.333. The van der Waals surface area contributed by atoms with E-state index in [1.165, 1.54) is 4.90 Å². The number of hydrogen-bond donors (Lipinski definition) is 0. The Morgan fingerprint density at radius 2 is 1.87 bits per heavy atom. The van der Waals surface area contributed by atoms with E-state index in [-0.39, 0.29) is 17.8 Å². The van der Waals surface area contributed by atoms with Crippen molar-refractivity contribution in [3.8, 4) is 11.8 Å². The number of hydrogen-bond acceptors (Lipinski definition) is 1. The van der Waals surface area contributed by atoms with Gasteiger partial charge in [0.25, 0.3) is 0 Å². The minimum absolute atomic E-state index is 0. The number of benzene rings is 2. The summed E-state index contributed by atoms with van der Waals surface area (Å²) in [6, 6.07) is 14.2. The van der Waals surface area contributed by atoms with Crippen molar-refractivity contribution in [1.29, 1.82) is 0 Å². The molecule has 122 valence electrons. The van der Waals surface area contributed by atoms with Crippen LogP contribution in [0.25, 0.3) is 10.8 Å². The van der Waals surface area contributed by atoms with Gasteiger partial charge in [0.2, 0.25) is 0 Å². The molecular weight excluding hydrogens is 302 g/mol. The molecule has 0 bridgehead atoms. The molecule has 0 amide bonds. The third-order valence-corrected chi connectivity index (χ3v) is 3.16. The largest absolute Gasteiger partial charge is 0.298 e. The van der Waals surface area contributed by atoms with Gasteiger partial charge in [-0.3, -0.25) is 4.90 Å². The maximum Gasteiger partial charge on any atom is 0.0394 e. The lowest BCUT2D eigenvalue weighted by Crippen LogP contribution is -2.17. The Kier molecular flexibility index (Phi) is 5.65. The predicted molar refractivity (Wildman–Crippen MR) is 104 cm³/mol. The van der Waals surface area contributed by atoms with E-state index < -0.39 is 6.98 Å². The van der Waals surface area contributed by atoms with Crippen molar-refractivity contribution in [2.24, 2.45) is 5.41 Å². The minimum atomic E-state index is -2.15. The van der Waals surface area contributed by atoms with E-state index >= 15 is 0 Å². The van der Waals surface area contributed by atoms with Gasteiger partial charge >= 0.3 is 0 Å². The van der Waals surface area contributed by atoms with Gasteiger partial charge in [-0.05, 0) is 56.2 Å².